The van der Waals surface area contributed by atoms with Crippen molar-refractivity contribution in [3.63, 3.8) is 0 Å². The molecule has 7 nitrogen and oxygen atoms in total. The zero-order chi connectivity index (χ0) is 22.6. The van der Waals surface area contributed by atoms with Gasteiger partial charge in [0.1, 0.15) is 0 Å². The number of hydrogen-bond donors (Lipinski definition) is 2. The molecule has 3 fully saturated rings. The first kappa shape index (κ1) is 21.4. The van der Waals surface area contributed by atoms with Gasteiger partial charge in [-0.1, -0.05) is 24.6 Å². The zero-order valence-electron chi connectivity index (χ0n) is 18.9. The van der Waals surface area contributed by atoms with Gasteiger partial charge in [0.25, 0.3) is 0 Å². The van der Waals surface area contributed by atoms with Crippen LogP contribution in [0.2, 0.25) is 0 Å². The molecule has 172 valence electrons. The second-order valence-corrected chi connectivity index (χ2v) is 10.2. The third-order valence-corrected chi connectivity index (χ3v) is 8.99. The maximum Gasteiger partial charge on any atom is 0.229 e. The predicted molar refractivity (Wildman–Crippen MR) is 121 cm³/mol. The van der Waals surface area contributed by atoms with E-state index in [9.17, 15) is 9.59 Å². The number of ether oxygens (including phenoxy) is 1. The molecule has 4 atom stereocenters. The van der Waals surface area contributed by atoms with Gasteiger partial charge in [0.05, 0.1) is 17.9 Å². The van der Waals surface area contributed by atoms with E-state index in [1.54, 1.807) is 19.4 Å². The van der Waals surface area contributed by atoms with Crippen LogP contribution in [0, 0.1) is 22.7 Å². The number of unbranched alkanes of at least 4 members (excludes halogenated alkanes) is 1. The van der Waals surface area contributed by atoms with Crippen LogP contribution in [0.5, 0.6) is 5.88 Å². The van der Waals surface area contributed by atoms with Gasteiger partial charge in [0, 0.05) is 18.2 Å². The van der Waals surface area contributed by atoms with Gasteiger partial charge in [-0.3, -0.25) is 9.59 Å². The standard InChI is InChI=1S/C25H34N4O3/c1-32-20-9-6-17(16-28-20)25(22(27)31)19-8-7-18(23(19)11-12-23)24(25,21(26)30)10-2-3-13-29-14-4-5-15-29/h6-9,16,18-19H,2-5,10-15H2,1H3,(H2,26,30)(H2,27,31)/t18-,19+,24+,25-/m1/s1. The molecule has 1 spiro atoms. The number of methoxy groups -OCH3 is 1. The van der Waals surface area contributed by atoms with E-state index < -0.39 is 22.6 Å². The first-order chi connectivity index (χ1) is 15.4. The summed E-state index contributed by atoms with van der Waals surface area (Å²) in [4.78, 5) is 33.7. The molecule has 4 aliphatic rings. The van der Waals surface area contributed by atoms with Crippen molar-refractivity contribution in [3.05, 3.63) is 36.0 Å². The Morgan fingerprint density at radius 3 is 2.38 bits per heavy atom. The molecule has 32 heavy (non-hydrogen) atoms. The SMILES string of the molecule is COc1ccc([C@]2(C(N)=O)[C@H]3C=C[C@H](C34CC4)[C@@]2(CCCCN2CCCC2)C(N)=O)cn1. The van der Waals surface area contributed by atoms with Crippen LogP contribution < -0.4 is 16.2 Å². The maximum absolute atomic E-state index is 13.5. The molecule has 1 aromatic heterocycles. The van der Waals surface area contributed by atoms with E-state index in [0.717, 1.165) is 45.3 Å². The van der Waals surface area contributed by atoms with E-state index in [1.807, 2.05) is 6.07 Å². The number of amides is 2. The second kappa shape index (κ2) is 7.58. The minimum Gasteiger partial charge on any atom is -0.481 e. The Balaban J connectivity index is 1.56. The highest BCUT2D eigenvalue weighted by molar-refractivity contribution is 5.99. The molecule has 1 aliphatic heterocycles. The van der Waals surface area contributed by atoms with Crippen LogP contribution in [0.3, 0.4) is 0 Å². The topological polar surface area (TPSA) is 112 Å². The van der Waals surface area contributed by atoms with Crippen molar-refractivity contribution < 1.29 is 14.3 Å². The molecule has 2 amide bonds. The summed E-state index contributed by atoms with van der Waals surface area (Å²) >= 11 is 0. The van der Waals surface area contributed by atoms with Crippen molar-refractivity contribution in [2.45, 2.75) is 50.4 Å². The number of allylic oxidation sites excluding steroid dienone is 2. The monoisotopic (exact) mass is 438 g/mol. The third kappa shape index (κ3) is 2.66. The number of carbonyl (C=O) groups is 2. The molecule has 4 N–H and O–H groups in total. The summed E-state index contributed by atoms with van der Waals surface area (Å²) in [6, 6.07) is 3.59. The number of primary amides is 2. The lowest BCUT2D eigenvalue weighted by molar-refractivity contribution is -0.144. The zero-order valence-corrected chi connectivity index (χ0v) is 18.9. The summed E-state index contributed by atoms with van der Waals surface area (Å²) < 4.78 is 5.23. The maximum atomic E-state index is 13.5. The van der Waals surface area contributed by atoms with Crippen molar-refractivity contribution in [3.8, 4) is 5.88 Å². The van der Waals surface area contributed by atoms with Gasteiger partial charge in [-0.25, -0.2) is 4.98 Å². The van der Waals surface area contributed by atoms with Crippen LogP contribution in [-0.4, -0.2) is 48.4 Å². The Kier molecular flexibility index (Phi) is 5.08. The fourth-order valence-corrected chi connectivity index (χ4v) is 7.57. The van der Waals surface area contributed by atoms with Crippen LogP contribution in [-0.2, 0) is 15.0 Å². The van der Waals surface area contributed by atoms with E-state index in [0.29, 0.717) is 17.9 Å². The molecule has 2 saturated carbocycles. The molecular weight excluding hydrogens is 404 g/mol. The van der Waals surface area contributed by atoms with Gasteiger partial charge in [-0.2, -0.15) is 0 Å². The number of pyridine rings is 1. The van der Waals surface area contributed by atoms with Gasteiger partial charge in [-0.05, 0) is 75.1 Å². The number of likely N-dealkylation sites (tertiary alicyclic amines) is 1. The quantitative estimate of drug-likeness (QED) is 0.453. The van der Waals surface area contributed by atoms with Crippen LogP contribution in [0.15, 0.2) is 30.5 Å². The van der Waals surface area contributed by atoms with E-state index in [2.05, 4.69) is 22.0 Å². The van der Waals surface area contributed by atoms with Gasteiger partial charge >= 0.3 is 0 Å². The lowest BCUT2D eigenvalue weighted by Gasteiger charge is -2.48. The molecule has 7 heteroatoms. The number of rotatable bonds is 9. The van der Waals surface area contributed by atoms with Crippen molar-refractivity contribution >= 4 is 11.8 Å². The lowest BCUT2D eigenvalue weighted by Crippen LogP contribution is -2.62. The molecule has 0 unspecified atom stereocenters. The van der Waals surface area contributed by atoms with Crippen molar-refractivity contribution in [2.75, 3.05) is 26.7 Å². The molecule has 0 radical (unpaired) electrons. The van der Waals surface area contributed by atoms with Crippen LogP contribution in [0.25, 0.3) is 0 Å². The van der Waals surface area contributed by atoms with Gasteiger partial charge < -0.3 is 21.1 Å². The average Bonchev–Trinajstić information content (AvgIpc) is 3.15. The Hall–Kier alpha value is -2.41. The first-order valence-electron chi connectivity index (χ1n) is 11.9. The Bertz CT molecular complexity index is 935. The van der Waals surface area contributed by atoms with Crippen molar-refractivity contribution in [1.29, 1.82) is 0 Å². The molecule has 2 bridgehead atoms. The largest absolute Gasteiger partial charge is 0.481 e. The van der Waals surface area contributed by atoms with Gasteiger partial charge in [-0.15, -0.1) is 0 Å². The third-order valence-electron chi connectivity index (χ3n) is 8.99. The number of hydrogen-bond acceptors (Lipinski definition) is 5. The van der Waals surface area contributed by atoms with Crippen LogP contribution in [0.4, 0.5) is 0 Å². The van der Waals surface area contributed by atoms with Crippen molar-refractivity contribution in [2.24, 2.45) is 34.1 Å². The smallest absolute Gasteiger partial charge is 0.229 e. The number of nitrogens with zero attached hydrogens (tertiary/aromatic N) is 2. The molecule has 2 heterocycles. The summed E-state index contributed by atoms with van der Waals surface area (Å²) in [6.45, 7) is 3.33. The molecule has 5 rings (SSSR count). The fourth-order valence-electron chi connectivity index (χ4n) is 7.57. The van der Waals surface area contributed by atoms with E-state index in [4.69, 9.17) is 16.2 Å². The summed E-state index contributed by atoms with van der Waals surface area (Å²) in [5.74, 6) is -0.594. The number of carbonyl (C=O) groups excluding carboxylic acids is 2. The van der Waals surface area contributed by atoms with Crippen LogP contribution >= 0.6 is 0 Å². The Morgan fingerprint density at radius 1 is 1.09 bits per heavy atom. The first-order valence-corrected chi connectivity index (χ1v) is 11.9. The fraction of sp³-hybridized carbons (Fsp3) is 0.640. The van der Waals surface area contributed by atoms with E-state index in [1.165, 1.54) is 12.8 Å². The highest BCUT2D eigenvalue weighted by atomic mass is 16.5. The predicted octanol–water partition coefficient (Wildman–Crippen LogP) is 2.15. The Morgan fingerprint density at radius 2 is 1.81 bits per heavy atom. The summed E-state index contributed by atoms with van der Waals surface area (Å²) in [6.07, 6.45) is 12.8. The molecule has 1 aromatic rings. The highest BCUT2D eigenvalue weighted by Crippen LogP contribution is 2.80. The average molecular weight is 439 g/mol. The molecule has 1 saturated heterocycles. The molecule has 3 aliphatic carbocycles. The Labute approximate surface area is 189 Å². The normalized spacial score (nSPS) is 34.3. The van der Waals surface area contributed by atoms with Crippen molar-refractivity contribution in [1.82, 2.24) is 9.88 Å². The van der Waals surface area contributed by atoms with E-state index >= 15 is 0 Å². The minimum absolute atomic E-state index is 0.0566. The number of aromatic nitrogens is 1. The molecular formula is C25H34N4O3. The highest BCUT2D eigenvalue weighted by Gasteiger charge is 2.82. The molecule has 0 aromatic carbocycles. The van der Waals surface area contributed by atoms with Gasteiger partial charge in [0.2, 0.25) is 17.7 Å². The summed E-state index contributed by atoms with van der Waals surface area (Å²) in [5, 5.41) is 0. The summed E-state index contributed by atoms with van der Waals surface area (Å²) in [7, 11) is 1.55. The van der Waals surface area contributed by atoms with Gasteiger partial charge in [0.15, 0.2) is 0 Å². The summed E-state index contributed by atoms with van der Waals surface area (Å²) in [5.41, 5.74) is 10.9. The second-order valence-electron chi connectivity index (χ2n) is 10.2. The lowest BCUT2D eigenvalue weighted by atomic mass is 9.52. The van der Waals surface area contributed by atoms with Crippen LogP contribution in [0.1, 0.15) is 50.5 Å². The number of nitrogens with two attached hydrogens (primary N) is 2. The van der Waals surface area contributed by atoms with E-state index in [-0.39, 0.29) is 17.3 Å². The minimum atomic E-state index is -1.18.